The SMILES string of the molecule is CCOC(=O)CNC(=O)[C@@H](c1cccs1)N(C(=O)c1snc(C(N)=O)c1N)c1ccccc1C. The van der Waals surface area contributed by atoms with E-state index in [0.29, 0.717) is 16.1 Å². The van der Waals surface area contributed by atoms with E-state index in [1.807, 2.05) is 0 Å². The van der Waals surface area contributed by atoms with Crippen LogP contribution in [0.5, 0.6) is 0 Å². The maximum Gasteiger partial charge on any atom is 0.325 e. The van der Waals surface area contributed by atoms with E-state index in [1.165, 1.54) is 16.2 Å². The van der Waals surface area contributed by atoms with Crippen LogP contribution >= 0.6 is 22.9 Å². The number of nitrogens with one attached hydrogen (secondary N) is 1. The second-order valence-corrected chi connectivity index (χ2v) is 8.79. The molecular weight excluding hydrogens is 478 g/mol. The Morgan fingerprint density at radius 2 is 1.91 bits per heavy atom. The molecule has 0 saturated heterocycles. The van der Waals surface area contributed by atoms with E-state index in [1.54, 1.807) is 55.6 Å². The lowest BCUT2D eigenvalue weighted by Crippen LogP contribution is -2.45. The number of nitrogens with zero attached hydrogens (tertiary/aromatic N) is 2. The zero-order valence-corrected chi connectivity index (χ0v) is 20.1. The number of hydrogen-bond donors (Lipinski definition) is 3. The minimum absolute atomic E-state index is 0.0307. The number of amides is 3. The Bertz CT molecular complexity index is 1210. The molecule has 0 spiro atoms. The van der Waals surface area contributed by atoms with Crippen LogP contribution in [-0.4, -0.2) is 41.2 Å². The van der Waals surface area contributed by atoms with Crippen LogP contribution in [0.25, 0.3) is 0 Å². The molecule has 12 heteroatoms. The van der Waals surface area contributed by atoms with Crippen molar-refractivity contribution in [3.8, 4) is 0 Å². The molecule has 10 nitrogen and oxygen atoms in total. The lowest BCUT2D eigenvalue weighted by Gasteiger charge is -2.31. The molecule has 34 heavy (non-hydrogen) atoms. The van der Waals surface area contributed by atoms with Gasteiger partial charge in [0.1, 0.15) is 11.4 Å². The van der Waals surface area contributed by atoms with Gasteiger partial charge in [0.05, 0.1) is 12.3 Å². The number of aryl methyl sites for hydroxylation is 1. The Balaban J connectivity index is 2.11. The second kappa shape index (κ2) is 10.9. The van der Waals surface area contributed by atoms with Gasteiger partial charge in [-0.2, -0.15) is 4.37 Å². The van der Waals surface area contributed by atoms with Crippen molar-refractivity contribution in [1.29, 1.82) is 0 Å². The van der Waals surface area contributed by atoms with Gasteiger partial charge in [-0.05, 0) is 48.5 Å². The van der Waals surface area contributed by atoms with Crippen molar-refractivity contribution in [2.75, 3.05) is 23.8 Å². The standard InChI is InChI=1S/C22H23N5O5S2/c1-3-32-15(28)11-25-21(30)18(14-9-6-10-33-14)27(13-8-5-4-7-12(13)2)22(31)19-16(23)17(20(24)29)26-34-19/h4-10,18H,3,11,23H2,1-2H3,(H2,24,29)(H,25,30)/t18-/m1/s1. The third-order valence-corrected chi connectivity index (χ3v) is 6.56. The van der Waals surface area contributed by atoms with Crippen LogP contribution < -0.4 is 21.7 Å². The number of anilines is 2. The van der Waals surface area contributed by atoms with Crippen molar-refractivity contribution in [1.82, 2.24) is 9.69 Å². The van der Waals surface area contributed by atoms with Gasteiger partial charge < -0.3 is 21.5 Å². The second-order valence-electron chi connectivity index (χ2n) is 7.04. The lowest BCUT2D eigenvalue weighted by molar-refractivity contribution is -0.143. The summed E-state index contributed by atoms with van der Waals surface area (Å²) in [5.74, 6) is -2.70. The number of nitrogen functional groups attached to an aromatic ring is 1. The topological polar surface area (TPSA) is 158 Å². The molecule has 1 atom stereocenters. The summed E-state index contributed by atoms with van der Waals surface area (Å²) in [5, 5.41) is 4.32. The summed E-state index contributed by atoms with van der Waals surface area (Å²) in [6.07, 6.45) is 0. The number of aromatic nitrogens is 1. The smallest absolute Gasteiger partial charge is 0.325 e. The molecular formula is C22H23N5O5S2. The predicted octanol–water partition coefficient (Wildman–Crippen LogP) is 2.26. The van der Waals surface area contributed by atoms with Gasteiger partial charge in [-0.1, -0.05) is 24.3 Å². The first-order valence-electron chi connectivity index (χ1n) is 10.2. The molecule has 3 rings (SSSR count). The number of para-hydroxylation sites is 1. The third-order valence-electron chi connectivity index (χ3n) is 4.78. The zero-order chi connectivity index (χ0) is 24.8. The molecule has 5 N–H and O–H groups in total. The van der Waals surface area contributed by atoms with Gasteiger partial charge in [-0.15, -0.1) is 11.3 Å². The van der Waals surface area contributed by atoms with E-state index in [0.717, 1.165) is 11.5 Å². The maximum atomic E-state index is 13.8. The average Bonchev–Trinajstić information content (AvgIpc) is 3.46. The fraction of sp³-hybridized carbons (Fsp3) is 0.227. The van der Waals surface area contributed by atoms with Gasteiger partial charge in [0.15, 0.2) is 11.7 Å². The number of esters is 1. The lowest BCUT2D eigenvalue weighted by atomic mass is 10.1. The number of ether oxygens (including phenoxy) is 1. The Morgan fingerprint density at radius 1 is 1.18 bits per heavy atom. The highest BCUT2D eigenvalue weighted by Gasteiger charge is 2.37. The quantitative estimate of drug-likeness (QED) is 0.379. The molecule has 2 aromatic heterocycles. The van der Waals surface area contributed by atoms with Crippen molar-refractivity contribution >= 4 is 57.9 Å². The van der Waals surface area contributed by atoms with E-state index < -0.39 is 29.7 Å². The molecule has 0 unspecified atom stereocenters. The fourth-order valence-corrected chi connectivity index (χ4v) is 4.78. The molecule has 3 amide bonds. The van der Waals surface area contributed by atoms with Crippen LogP contribution in [0.3, 0.4) is 0 Å². The molecule has 0 aliphatic rings. The van der Waals surface area contributed by atoms with E-state index in [4.69, 9.17) is 16.2 Å². The third kappa shape index (κ3) is 5.24. The first-order chi connectivity index (χ1) is 16.3. The van der Waals surface area contributed by atoms with E-state index >= 15 is 0 Å². The molecule has 2 heterocycles. The number of benzene rings is 1. The Labute approximate surface area is 203 Å². The summed E-state index contributed by atoms with van der Waals surface area (Å²) in [5.41, 5.74) is 12.1. The zero-order valence-electron chi connectivity index (χ0n) is 18.4. The van der Waals surface area contributed by atoms with Crippen molar-refractivity contribution < 1.29 is 23.9 Å². The van der Waals surface area contributed by atoms with E-state index in [9.17, 15) is 19.2 Å². The van der Waals surface area contributed by atoms with Gasteiger partial charge in [0, 0.05) is 10.6 Å². The van der Waals surface area contributed by atoms with Gasteiger partial charge >= 0.3 is 5.97 Å². The largest absolute Gasteiger partial charge is 0.465 e. The number of hydrogen-bond acceptors (Lipinski definition) is 9. The number of carbonyl (C=O) groups excluding carboxylic acids is 4. The predicted molar refractivity (Wildman–Crippen MR) is 130 cm³/mol. The molecule has 0 radical (unpaired) electrons. The number of primary amides is 1. The average molecular weight is 502 g/mol. The van der Waals surface area contributed by atoms with Gasteiger partial charge in [0.2, 0.25) is 5.91 Å². The molecule has 0 bridgehead atoms. The minimum Gasteiger partial charge on any atom is -0.465 e. The van der Waals surface area contributed by atoms with Gasteiger partial charge in [-0.3, -0.25) is 24.1 Å². The highest BCUT2D eigenvalue weighted by Crippen LogP contribution is 2.36. The first kappa shape index (κ1) is 24.9. The summed E-state index contributed by atoms with van der Waals surface area (Å²) in [6, 6.07) is 9.34. The van der Waals surface area contributed by atoms with Crippen LogP contribution in [0.2, 0.25) is 0 Å². The monoisotopic (exact) mass is 501 g/mol. The molecule has 1 aromatic carbocycles. The normalized spacial score (nSPS) is 11.5. The minimum atomic E-state index is -1.14. The number of rotatable bonds is 9. The van der Waals surface area contributed by atoms with E-state index in [2.05, 4.69) is 9.69 Å². The Hall–Kier alpha value is -3.77. The van der Waals surface area contributed by atoms with Crippen molar-refractivity contribution in [3.63, 3.8) is 0 Å². The van der Waals surface area contributed by atoms with Crippen LogP contribution in [0.1, 0.15) is 43.6 Å². The molecule has 0 saturated carbocycles. The Morgan fingerprint density at radius 3 is 2.50 bits per heavy atom. The van der Waals surface area contributed by atoms with Crippen LogP contribution in [0, 0.1) is 6.92 Å². The molecule has 0 fully saturated rings. The van der Waals surface area contributed by atoms with Crippen LogP contribution in [-0.2, 0) is 14.3 Å². The van der Waals surface area contributed by atoms with Crippen molar-refractivity contribution in [2.45, 2.75) is 19.9 Å². The molecule has 3 aromatic rings. The van der Waals surface area contributed by atoms with Crippen molar-refractivity contribution in [2.24, 2.45) is 5.73 Å². The van der Waals surface area contributed by atoms with Gasteiger partial charge in [-0.25, -0.2) is 0 Å². The fourth-order valence-electron chi connectivity index (χ4n) is 3.23. The summed E-state index contributed by atoms with van der Waals surface area (Å²) in [4.78, 5) is 52.5. The Kier molecular flexibility index (Phi) is 7.97. The van der Waals surface area contributed by atoms with Crippen LogP contribution in [0.4, 0.5) is 11.4 Å². The van der Waals surface area contributed by atoms with E-state index in [-0.39, 0.29) is 29.4 Å². The summed E-state index contributed by atoms with van der Waals surface area (Å²) < 4.78 is 8.80. The summed E-state index contributed by atoms with van der Waals surface area (Å²) in [6.45, 7) is 3.26. The van der Waals surface area contributed by atoms with Gasteiger partial charge in [0.25, 0.3) is 11.8 Å². The maximum absolute atomic E-state index is 13.8. The highest BCUT2D eigenvalue weighted by atomic mass is 32.1. The number of thiophene rings is 1. The molecule has 0 aliphatic heterocycles. The molecule has 0 aliphatic carbocycles. The number of nitrogens with two attached hydrogens (primary N) is 2. The first-order valence-corrected chi connectivity index (χ1v) is 11.8. The molecule has 178 valence electrons. The highest BCUT2D eigenvalue weighted by molar-refractivity contribution is 7.10. The summed E-state index contributed by atoms with van der Waals surface area (Å²) in [7, 11) is 0. The summed E-state index contributed by atoms with van der Waals surface area (Å²) >= 11 is 1.99. The van der Waals surface area contributed by atoms with Crippen LogP contribution in [0.15, 0.2) is 41.8 Å². The number of carbonyl (C=O) groups is 4. The van der Waals surface area contributed by atoms with Crippen molar-refractivity contribution in [3.05, 3.63) is 62.8 Å².